The van der Waals surface area contributed by atoms with Crippen molar-refractivity contribution >= 4 is 16.8 Å². The zero-order chi connectivity index (χ0) is 21.7. The Kier molecular flexibility index (Phi) is 7.46. The van der Waals surface area contributed by atoms with E-state index in [1.165, 1.54) is 6.07 Å². The quantitative estimate of drug-likeness (QED) is 0.669. The van der Waals surface area contributed by atoms with Crippen LogP contribution in [0.1, 0.15) is 55.6 Å². The number of benzene rings is 1. The van der Waals surface area contributed by atoms with E-state index in [4.69, 9.17) is 4.74 Å². The van der Waals surface area contributed by atoms with E-state index in [9.17, 15) is 14.4 Å². The Morgan fingerprint density at radius 3 is 2.87 bits per heavy atom. The van der Waals surface area contributed by atoms with Gasteiger partial charge in [-0.3, -0.25) is 4.79 Å². The van der Waals surface area contributed by atoms with Gasteiger partial charge in [-0.1, -0.05) is 6.07 Å². The van der Waals surface area contributed by atoms with Crippen LogP contribution in [-0.4, -0.2) is 54.3 Å². The van der Waals surface area contributed by atoms with Crippen molar-refractivity contribution < 1.29 is 13.9 Å². The van der Waals surface area contributed by atoms with Gasteiger partial charge in [-0.2, -0.15) is 5.26 Å². The molecule has 1 saturated heterocycles. The number of halogens is 1. The van der Waals surface area contributed by atoms with Crippen LogP contribution in [-0.2, 0) is 11.3 Å². The molecule has 0 radical (unpaired) electrons. The molecule has 30 heavy (non-hydrogen) atoms. The van der Waals surface area contributed by atoms with Gasteiger partial charge in [0.2, 0.25) is 0 Å². The molecule has 1 atom stereocenters. The van der Waals surface area contributed by atoms with E-state index >= 15 is 0 Å². The van der Waals surface area contributed by atoms with Crippen LogP contribution in [0.3, 0.4) is 0 Å². The van der Waals surface area contributed by atoms with E-state index in [1.807, 2.05) is 23.3 Å². The number of aromatic nitrogens is 1. The summed E-state index contributed by atoms with van der Waals surface area (Å²) in [6, 6.07) is 6.92. The summed E-state index contributed by atoms with van der Waals surface area (Å²) in [4.78, 5) is 15.7. The monoisotopic (exact) mass is 414 g/mol. The van der Waals surface area contributed by atoms with Crippen molar-refractivity contribution in [3.8, 4) is 6.07 Å². The molecule has 0 spiro atoms. The van der Waals surface area contributed by atoms with Crippen LogP contribution in [0, 0.1) is 17.1 Å². The van der Waals surface area contributed by atoms with Crippen LogP contribution in [0.2, 0.25) is 0 Å². The molecule has 1 aliphatic rings. The lowest BCUT2D eigenvalue weighted by molar-refractivity contribution is 0.0562. The molecule has 1 fully saturated rings. The minimum atomic E-state index is -0.468. The number of piperidine rings is 1. The lowest BCUT2D eigenvalue weighted by Crippen LogP contribution is -2.52. The van der Waals surface area contributed by atoms with Gasteiger partial charge in [0.05, 0.1) is 16.5 Å². The Hall–Kier alpha value is -2.43. The predicted octanol–water partition coefficient (Wildman–Crippen LogP) is 3.68. The molecule has 2 heterocycles. The number of nitriles is 1. The zero-order valence-corrected chi connectivity index (χ0v) is 18.1. The average Bonchev–Trinajstić information content (AvgIpc) is 3.06. The number of hydrogen-bond acceptors (Lipinski definition) is 4. The summed E-state index contributed by atoms with van der Waals surface area (Å²) in [6.45, 7) is 6.81. The summed E-state index contributed by atoms with van der Waals surface area (Å²) in [5.41, 5.74) is 1.03. The molecule has 3 rings (SSSR count). The number of carbonyl (C=O) groups excluding carboxylic acids is 1. The number of methoxy groups -OCH3 is 1. The number of ether oxygens (including phenoxy) is 1. The third-order valence-electron chi connectivity index (χ3n) is 5.79. The Bertz CT molecular complexity index is 925. The fourth-order valence-electron chi connectivity index (χ4n) is 4.45. The van der Waals surface area contributed by atoms with Gasteiger partial charge in [0.25, 0.3) is 5.91 Å². The number of carbonyl (C=O) groups is 1. The SMILES string of the molecule is COCCCCn1c(C(=O)N(C(C)C)[C@@H]2CCCNC2)c(C#N)c2c(F)cccc21. The van der Waals surface area contributed by atoms with Crippen molar-refractivity contribution in [3.05, 3.63) is 35.3 Å². The second kappa shape index (κ2) is 10.1. The fraction of sp³-hybridized carbons (Fsp3) is 0.565. The molecule has 0 aliphatic carbocycles. The maximum absolute atomic E-state index is 14.7. The normalized spacial score (nSPS) is 16.7. The number of fused-ring (bicyclic) bond motifs is 1. The van der Waals surface area contributed by atoms with E-state index < -0.39 is 5.82 Å². The van der Waals surface area contributed by atoms with Crippen LogP contribution < -0.4 is 5.32 Å². The molecule has 0 unspecified atom stereocenters. The van der Waals surface area contributed by atoms with Gasteiger partial charge < -0.3 is 19.5 Å². The van der Waals surface area contributed by atoms with Gasteiger partial charge in [0.1, 0.15) is 17.6 Å². The van der Waals surface area contributed by atoms with Crippen LogP contribution in [0.25, 0.3) is 10.9 Å². The highest BCUT2D eigenvalue weighted by atomic mass is 19.1. The largest absolute Gasteiger partial charge is 0.385 e. The highest BCUT2D eigenvalue weighted by molar-refractivity contribution is 6.04. The fourth-order valence-corrected chi connectivity index (χ4v) is 4.45. The molecule has 1 N–H and O–H groups in total. The van der Waals surface area contributed by atoms with Gasteiger partial charge in [-0.25, -0.2) is 4.39 Å². The Morgan fingerprint density at radius 1 is 1.43 bits per heavy atom. The van der Waals surface area contributed by atoms with Crippen LogP contribution in [0.5, 0.6) is 0 Å². The first-order valence-electron chi connectivity index (χ1n) is 10.7. The maximum Gasteiger partial charge on any atom is 0.272 e. The van der Waals surface area contributed by atoms with Crippen molar-refractivity contribution in [2.75, 3.05) is 26.8 Å². The molecule has 1 amide bonds. The second-order valence-corrected chi connectivity index (χ2v) is 8.13. The van der Waals surface area contributed by atoms with Gasteiger partial charge in [0, 0.05) is 38.9 Å². The third kappa shape index (κ3) is 4.35. The Labute approximate surface area is 177 Å². The molecule has 1 aliphatic heterocycles. The molecular weight excluding hydrogens is 383 g/mol. The minimum Gasteiger partial charge on any atom is -0.385 e. The Balaban J connectivity index is 2.10. The van der Waals surface area contributed by atoms with Crippen LogP contribution >= 0.6 is 0 Å². The third-order valence-corrected chi connectivity index (χ3v) is 5.79. The van der Waals surface area contributed by atoms with Gasteiger partial charge >= 0.3 is 0 Å². The molecule has 1 aromatic heterocycles. The number of hydrogen-bond donors (Lipinski definition) is 1. The number of nitrogens with zero attached hydrogens (tertiary/aromatic N) is 3. The average molecular weight is 415 g/mol. The maximum atomic E-state index is 14.7. The summed E-state index contributed by atoms with van der Waals surface area (Å²) in [6.07, 6.45) is 3.51. The van der Waals surface area contributed by atoms with Gasteiger partial charge in [-0.15, -0.1) is 0 Å². The van der Waals surface area contributed by atoms with Crippen molar-refractivity contribution in [1.82, 2.24) is 14.8 Å². The number of aryl methyl sites for hydroxylation is 1. The van der Waals surface area contributed by atoms with Crippen molar-refractivity contribution in [1.29, 1.82) is 5.26 Å². The van der Waals surface area contributed by atoms with E-state index in [1.54, 1.807) is 19.2 Å². The molecular formula is C23H31FN4O2. The summed E-state index contributed by atoms with van der Waals surface area (Å²) < 4.78 is 21.7. The molecule has 2 aromatic rings. The van der Waals surface area contributed by atoms with E-state index in [2.05, 4.69) is 11.4 Å². The van der Waals surface area contributed by atoms with Crippen molar-refractivity contribution in [2.45, 2.75) is 58.2 Å². The molecule has 6 nitrogen and oxygen atoms in total. The van der Waals surface area contributed by atoms with Crippen molar-refractivity contribution in [3.63, 3.8) is 0 Å². The first kappa shape index (κ1) is 22.3. The molecule has 0 bridgehead atoms. The van der Waals surface area contributed by atoms with E-state index in [0.717, 1.165) is 38.8 Å². The Morgan fingerprint density at radius 2 is 2.23 bits per heavy atom. The highest BCUT2D eigenvalue weighted by Crippen LogP contribution is 2.31. The first-order chi connectivity index (χ1) is 14.5. The standard InChI is InChI=1S/C23H31FN4O2/c1-16(2)28(17-8-7-11-26-15-17)23(29)22-18(14-25)21-19(24)9-6-10-20(21)27(22)12-4-5-13-30-3/h6,9-10,16-17,26H,4-5,7-8,11-13,15H2,1-3H3/t17-/m1/s1. The molecule has 162 valence electrons. The van der Waals surface area contributed by atoms with E-state index in [-0.39, 0.29) is 28.9 Å². The van der Waals surface area contributed by atoms with Crippen LogP contribution in [0.15, 0.2) is 18.2 Å². The van der Waals surface area contributed by atoms with Gasteiger partial charge in [0.15, 0.2) is 0 Å². The summed E-state index contributed by atoms with van der Waals surface area (Å²) in [5, 5.41) is 13.5. The van der Waals surface area contributed by atoms with Crippen molar-refractivity contribution in [2.24, 2.45) is 0 Å². The summed E-state index contributed by atoms with van der Waals surface area (Å²) >= 11 is 0. The lowest BCUT2D eigenvalue weighted by Gasteiger charge is -2.37. The predicted molar refractivity (Wildman–Crippen MR) is 115 cm³/mol. The molecule has 1 aromatic carbocycles. The smallest absolute Gasteiger partial charge is 0.272 e. The summed E-state index contributed by atoms with van der Waals surface area (Å²) in [5.74, 6) is -0.665. The minimum absolute atomic E-state index is 0.0289. The zero-order valence-electron chi connectivity index (χ0n) is 18.1. The molecule has 7 heteroatoms. The second-order valence-electron chi connectivity index (χ2n) is 8.13. The highest BCUT2D eigenvalue weighted by Gasteiger charge is 2.33. The number of nitrogens with one attached hydrogen (secondary N) is 1. The van der Waals surface area contributed by atoms with E-state index in [0.29, 0.717) is 24.4 Å². The number of unbranched alkanes of at least 4 members (excludes halogenated alkanes) is 1. The summed E-state index contributed by atoms with van der Waals surface area (Å²) in [7, 11) is 1.65. The first-order valence-corrected chi connectivity index (χ1v) is 10.7. The molecule has 0 saturated carbocycles. The van der Waals surface area contributed by atoms with Crippen LogP contribution in [0.4, 0.5) is 4.39 Å². The number of amides is 1. The van der Waals surface area contributed by atoms with Gasteiger partial charge in [-0.05, 0) is 58.2 Å². The number of rotatable bonds is 8. The lowest BCUT2D eigenvalue weighted by atomic mass is 10.0. The topological polar surface area (TPSA) is 70.3 Å².